The van der Waals surface area contributed by atoms with Crippen LogP contribution in [0.5, 0.6) is 0 Å². The van der Waals surface area contributed by atoms with Gasteiger partial charge in [0.2, 0.25) is 0 Å². The van der Waals surface area contributed by atoms with Crippen molar-refractivity contribution >= 4 is 11.7 Å². The minimum absolute atomic E-state index is 0.220. The molecule has 0 atom stereocenters. The smallest absolute Gasteiger partial charge is 0.168 e. The highest BCUT2D eigenvalue weighted by Crippen LogP contribution is 2.19. The number of aryl methyl sites for hydroxylation is 2. The van der Waals surface area contributed by atoms with E-state index >= 15 is 0 Å². The molecular formula is C14H16N6O2. The minimum atomic E-state index is -0.220. The van der Waals surface area contributed by atoms with E-state index in [1.807, 2.05) is 13.8 Å². The maximum absolute atomic E-state index is 8.84. The highest BCUT2D eigenvalue weighted by molar-refractivity contribution is 5.95. The van der Waals surface area contributed by atoms with E-state index in [1.165, 1.54) is 0 Å². The first-order valence-corrected chi connectivity index (χ1v) is 6.40. The molecule has 8 heteroatoms. The summed E-state index contributed by atoms with van der Waals surface area (Å²) in [5, 5.41) is 32.9. The molecule has 0 saturated heterocycles. The van der Waals surface area contributed by atoms with E-state index in [0.717, 1.165) is 11.1 Å². The Morgan fingerprint density at radius 1 is 0.818 bits per heavy atom. The number of amidine groups is 2. The average molecular weight is 300 g/mol. The van der Waals surface area contributed by atoms with Crippen LogP contribution in [-0.2, 0) is 0 Å². The lowest BCUT2D eigenvalue weighted by Gasteiger charge is -2.09. The molecular weight excluding hydrogens is 284 g/mol. The molecule has 0 bridgehead atoms. The molecule has 2 aromatic heterocycles. The van der Waals surface area contributed by atoms with Gasteiger partial charge in [-0.2, -0.15) is 0 Å². The molecule has 114 valence electrons. The summed E-state index contributed by atoms with van der Waals surface area (Å²) >= 11 is 0. The molecule has 0 fully saturated rings. The number of pyridine rings is 2. The fraction of sp³-hybridized carbons (Fsp3) is 0.143. The largest absolute Gasteiger partial charge is 0.290 e. The Morgan fingerprint density at radius 3 is 1.50 bits per heavy atom. The van der Waals surface area contributed by atoms with Crippen molar-refractivity contribution in [3.63, 3.8) is 0 Å². The van der Waals surface area contributed by atoms with Crippen LogP contribution >= 0.6 is 0 Å². The van der Waals surface area contributed by atoms with Crippen molar-refractivity contribution in [3.05, 3.63) is 46.8 Å². The third-order valence-electron chi connectivity index (χ3n) is 2.94. The lowest BCUT2D eigenvalue weighted by molar-refractivity contribution is 0.233. The maximum atomic E-state index is 8.84. The zero-order chi connectivity index (χ0) is 16.3. The van der Waals surface area contributed by atoms with E-state index in [4.69, 9.17) is 21.2 Å². The van der Waals surface area contributed by atoms with Gasteiger partial charge in [-0.3, -0.25) is 32.2 Å². The number of rotatable bonds is 3. The minimum Gasteiger partial charge on any atom is -0.290 e. The summed E-state index contributed by atoms with van der Waals surface area (Å²) in [7, 11) is 0. The molecule has 0 amide bonds. The second-order valence-corrected chi connectivity index (χ2v) is 4.80. The van der Waals surface area contributed by atoms with E-state index < -0.39 is 0 Å². The van der Waals surface area contributed by atoms with Crippen LogP contribution in [0.1, 0.15) is 22.5 Å². The normalized spacial score (nSPS) is 10.2. The Kier molecular flexibility index (Phi) is 4.44. The first-order valence-electron chi connectivity index (χ1n) is 6.40. The molecule has 8 nitrogen and oxygen atoms in total. The molecule has 0 radical (unpaired) electrons. The molecule has 0 aromatic carbocycles. The van der Waals surface area contributed by atoms with Crippen molar-refractivity contribution in [3.8, 4) is 11.4 Å². The summed E-state index contributed by atoms with van der Waals surface area (Å²) < 4.78 is 0. The molecule has 22 heavy (non-hydrogen) atoms. The third-order valence-corrected chi connectivity index (χ3v) is 2.94. The summed E-state index contributed by atoms with van der Waals surface area (Å²) in [6, 6.07) is 6.89. The van der Waals surface area contributed by atoms with Gasteiger partial charge in [-0.1, -0.05) is 0 Å². The Bertz CT molecular complexity index is 681. The lowest BCUT2D eigenvalue weighted by Crippen LogP contribution is -2.21. The second kappa shape index (κ2) is 6.29. The maximum Gasteiger partial charge on any atom is 0.168 e. The molecule has 0 aliphatic carbocycles. The van der Waals surface area contributed by atoms with Crippen LogP contribution in [-0.4, -0.2) is 32.1 Å². The average Bonchev–Trinajstić information content (AvgIpc) is 2.52. The molecule has 0 aliphatic heterocycles. The van der Waals surface area contributed by atoms with Crippen molar-refractivity contribution in [2.24, 2.45) is 0 Å². The molecule has 6 N–H and O–H groups in total. The van der Waals surface area contributed by atoms with Gasteiger partial charge in [-0.25, -0.2) is 9.97 Å². The highest BCUT2D eigenvalue weighted by Gasteiger charge is 2.11. The number of aromatic nitrogens is 2. The number of hydrogen-bond donors (Lipinski definition) is 6. The van der Waals surface area contributed by atoms with Crippen LogP contribution in [0.4, 0.5) is 0 Å². The Labute approximate surface area is 126 Å². The third kappa shape index (κ3) is 3.25. The van der Waals surface area contributed by atoms with E-state index in [2.05, 4.69) is 9.97 Å². The van der Waals surface area contributed by atoms with Crippen molar-refractivity contribution in [1.29, 1.82) is 10.8 Å². The number of hydroxylamine groups is 2. The quantitative estimate of drug-likeness (QED) is 0.287. The first kappa shape index (κ1) is 15.5. The fourth-order valence-electron chi connectivity index (χ4n) is 1.97. The summed E-state index contributed by atoms with van der Waals surface area (Å²) in [6.45, 7) is 3.68. The van der Waals surface area contributed by atoms with Crippen LogP contribution in [0, 0.1) is 24.7 Å². The zero-order valence-corrected chi connectivity index (χ0v) is 12.1. The van der Waals surface area contributed by atoms with Gasteiger partial charge in [0.15, 0.2) is 11.7 Å². The molecule has 2 aromatic rings. The Balaban J connectivity index is 2.56. The van der Waals surface area contributed by atoms with Gasteiger partial charge in [-0.05, 0) is 49.2 Å². The molecule has 0 aliphatic rings. The SMILES string of the molecule is Cc1cc(C(=N)NO)nc(-c2cc(C)cc(C(=N)NO)n2)c1. The number of hydrogen-bond acceptors (Lipinski definition) is 6. The van der Waals surface area contributed by atoms with E-state index in [1.54, 1.807) is 35.2 Å². The highest BCUT2D eigenvalue weighted by atomic mass is 16.5. The van der Waals surface area contributed by atoms with Crippen molar-refractivity contribution in [2.75, 3.05) is 0 Å². The summed E-state index contributed by atoms with van der Waals surface area (Å²) in [6.07, 6.45) is 0. The molecule has 0 saturated carbocycles. The van der Waals surface area contributed by atoms with Gasteiger partial charge in [0.25, 0.3) is 0 Å². The number of nitrogens with zero attached hydrogens (tertiary/aromatic N) is 2. The number of nitrogens with one attached hydrogen (secondary N) is 4. The van der Waals surface area contributed by atoms with Gasteiger partial charge < -0.3 is 0 Å². The Hall–Kier alpha value is -2.84. The monoisotopic (exact) mass is 300 g/mol. The molecule has 2 rings (SSSR count). The van der Waals surface area contributed by atoms with Gasteiger partial charge in [0, 0.05) is 0 Å². The fourth-order valence-corrected chi connectivity index (χ4v) is 1.97. The van der Waals surface area contributed by atoms with Crippen LogP contribution < -0.4 is 11.0 Å². The molecule has 0 spiro atoms. The lowest BCUT2D eigenvalue weighted by atomic mass is 10.1. The van der Waals surface area contributed by atoms with Crippen molar-refractivity contribution < 1.29 is 10.4 Å². The standard InChI is InChI=1S/C14H16N6O2/c1-7-3-9(17-11(5-7)13(15)19-21)10-4-8(2)6-12(18-10)14(16)20-22/h3-6,21-22H,1-2H3,(H2,15,19)(H2,16,20). The van der Waals surface area contributed by atoms with Gasteiger partial charge in [-0.15, -0.1) is 0 Å². The topological polar surface area (TPSA) is 138 Å². The van der Waals surface area contributed by atoms with Crippen LogP contribution in [0.2, 0.25) is 0 Å². The molecule has 0 unspecified atom stereocenters. The molecule has 2 heterocycles. The van der Waals surface area contributed by atoms with Crippen LogP contribution in [0.15, 0.2) is 24.3 Å². The van der Waals surface area contributed by atoms with E-state index in [9.17, 15) is 0 Å². The summed E-state index contributed by atoms with van der Waals surface area (Å²) in [5.74, 6) is -0.440. The first-order chi connectivity index (χ1) is 10.4. The van der Waals surface area contributed by atoms with Crippen LogP contribution in [0.3, 0.4) is 0 Å². The van der Waals surface area contributed by atoms with Gasteiger partial charge >= 0.3 is 0 Å². The van der Waals surface area contributed by atoms with Crippen molar-refractivity contribution in [2.45, 2.75) is 13.8 Å². The van der Waals surface area contributed by atoms with E-state index in [0.29, 0.717) is 11.4 Å². The predicted octanol–water partition coefficient (Wildman–Crippen LogP) is 1.37. The van der Waals surface area contributed by atoms with Crippen molar-refractivity contribution in [1.82, 2.24) is 20.9 Å². The zero-order valence-electron chi connectivity index (χ0n) is 12.1. The van der Waals surface area contributed by atoms with E-state index in [-0.39, 0.29) is 23.1 Å². The van der Waals surface area contributed by atoms with Crippen LogP contribution in [0.25, 0.3) is 11.4 Å². The second-order valence-electron chi connectivity index (χ2n) is 4.80. The Morgan fingerprint density at radius 2 is 1.18 bits per heavy atom. The predicted molar refractivity (Wildman–Crippen MR) is 80.4 cm³/mol. The summed E-state index contributed by atoms with van der Waals surface area (Å²) in [5.41, 5.74) is 6.78. The van der Waals surface area contributed by atoms with Gasteiger partial charge in [0.05, 0.1) is 11.4 Å². The summed E-state index contributed by atoms with van der Waals surface area (Å²) in [4.78, 5) is 8.56. The van der Waals surface area contributed by atoms with Gasteiger partial charge in [0.1, 0.15) is 11.4 Å².